The molecule has 1 saturated carbocycles. The van der Waals surface area contributed by atoms with Gasteiger partial charge in [0.1, 0.15) is 0 Å². The fraction of sp³-hybridized carbons (Fsp3) is 0.417. The molecule has 1 fully saturated rings. The quantitative estimate of drug-likeness (QED) is 0.837. The molecule has 0 unspecified atom stereocenters. The molecular formula is C12H15IN2O. The smallest absolute Gasteiger partial charge is 0.226 e. The molecule has 1 aromatic carbocycles. The third kappa shape index (κ3) is 2.74. The van der Waals surface area contributed by atoms with Crippen molar-refractivity contribution in [2.45, 2.75) is 31.2 Å². The average Bonchev–Trinajstić information content (AvgIpc) is 2.19. The lowest BCUT2D eigenvalue weighted by Crippen LogP contribution is -2.48. The number of nitrogens with two attached hydrogens (primary N) is 1. The Hall–Kier alpha value is -0.620. The molecule has 3 nitrogen and oxygen atoms in total. The topological polar surface area (TPSA) is 55.1 Å². The van der Waals surface area contributed by atoms with Crippen LogP contribution in [0.4, 0.5) is 5.69 Å². The summed E-state index contributed by atoms with van der Waals surface area (Å²) in [5.41, 5.74) is 6.66. The van der Waals surface area contributed by atoms with Crippen molar-refractivity contribution in [1.82, 2.24) is 0 Å². The van der Waals surface area contributed by atoms with E-state index >= 15 is 0 Å². The zero-order valence-electron chi connectivity index (χ0n) is 9.00. The van der Waals surface area contributed by atoms with Crippen molar-refractivity contribution in [1.29, 1.82) is 0 Å². The van der Waals surface area contributed by atoms with Crippen LogP contribution in [0.25, 0.3) is 0 Å². The van der Waals surface area contributed by atoms with E-state index < -0.39 is 0 Å². The number of halogens is 1. The molecule has 1 aliphatic rings. The SMILES string of the molecule is NC1(CC(=O)Nc2ccccc2I)CCC1. The minimum Gasteiger partial charge on any atom is -0.325 e. The van der Waals surface area contributed by atoms with Crippen LogP contribution >= 0.6 is 22.6 Å². The summed E-state index contributed by atoms with van der Waals surface area (Å²) >= 11 is 2.21. The summed E-state index contributed by atoms with van der Waals surface area (Å²) < 4.78 is 1.05. The highest BCUT2D eigenvalue weighted by Crippen LogP contribution is 2.32. The van der Waals surface area contributed by atoms with E-state index in [0.29, 0.717) is 6.42 Å². The van der Waals surface area contributed by atoms with Crippen LogP contribution < -0.4 is 11.1 Å². The summed E-state index contributed by atoms with van der Waals surface area (Å²) in [5.74, 6) is 0.0197. The van der Waals surface area contributed by atoms with Crippen molar-refractivity contribution in [2.24, 2.45) is 5.73 Å². The first kappa shape index (κ1) is 11.9. The van der Waals surface area contributed by atoms with E-state index in [2.05, 4.69) is 27.9 Å². The Bertz CT molecular complexity index is 402. The predicted molar refractivity (Wildman–Crippen MR) is 73.2 cm³/mol. The Labute approximate surface area is 109 Å². The number of carbonyl (C=O) groups excluding carboxylic acids is 1. The van der Waals surface area contributed by atoms with Crippen LogP contribution in [0.1, 0.15) is 25.7 Å². The maximum absolute atomic E-state index is 11.8. The number of anilines is 1. The van der Waals surface area contributed by atoms with Gasteiger partial charge in [0.05, 0.1) is 5.69 Å². The zero-order chi connectivity index (χ0) is 11.6. The Morgan fingerprint density at radius 2 is 2.12 bits per heavy atom. The Morgan fingerprint density at radius 3 is 2.69 bits per heavy atom. The number of carbonyl (C=O) groups is 1. The van der Waals surface area contributed by atoms with Crippen molar-refractivity contribution in [3.05, 3.63) is 27.8 Å². The second-order valence-electron chi connectivity index (χ2n) is 4.42. The first-order valence-electron chi connectivity index (χ1n) is 5.42. The van der Waals surface area contributed by atoms with Crippen molar-refractivity contribution in [3.63, 3.8) is 0 Å². The monoisotopic (exact) mass is 330 g/mol. The Balaban J connectivity index is 1.95. The summed E-state index contributed by atoms with van der Waals surface area (Å²) in [6.45, 7) is 0. The molecule has 2 rings (SSSR count). The maximum atomic E-state index is 11.8. The van der Waals surface area contributed by atoms with Gasteiger partial charge >= 0.3 is 0 Å². The fourth-order valence-electron chi connectivity index (χ4n) is 1.88. The zero-order valence-corrected chi connectivity index (χ0v) is 11.2. The largest absolute Gasteiger partial charge is 0.325 e. The summed E-state index contributed by atoms with van der Waals surface area (Å²) in [4.78, 5) is 11.8. The van der Waals surface area contributed by atoms with E-state index in [1.807, 2.05) is 24.3 Å². The number of hydrogen-bond donors (Lipinski definition) is 2. The Kier molecular flexibility index (Phi) is 3.49. The van der Waals surface area contributed by atoms with Gasteiger partial charge in [-0.2, -0.15) is 0 Å². The van der Waals surface area contributed by atoms with Crippen molar-refractivity contribution >= 4 is 34.2 Å². The van der Waals surface area contributed by atoms with E-state index in [4.69, 9.17) is 5.73 Å². The molecule has 1 aliphatic carbocycles. The number of rotatable bonds is 3. The minimum atomic E-state index is -0.246. The van der Waals surface area contributed by atoms with E-state index in [0.717, 1.165) is 28.5 Å². The first-order valence-corrected chi connectivity index (χ1v) is 6.50. The molecule has 0 aliphatic heterocycles. The number of para-hydroxylation sites is 1. The van der Waals surface area contributed by atoms with Crippen molar-refractivity contribution < 1.29 is 4.79 Å². The third-order valence-corrected chi connectivity index (χ3v) is 3.95. The fourth-order valence-corrected chi connectivity index (χ4v) is 2.41. The number of benzene rings is 1. The third-order valence-electron chi connectivity index (χ3n) is 3.01. The molecular weight excluding hydrogens is 315 g/mol. The van der Waals surface area contributed by atoms with Crippen molar-refractivity contribution in [3.8, 4) is 0 Å². The molecule has 4 heteroatoms. The summed E-state index contributed by atoms with van der Waals surface area (Å²) in [6.07, 6.45) is 3.50. The van der Waals surface area contributed by atoms with Gasteiger partial charge < -0.3 is 11.1 Å². The van der Waals surface area contributed by atoms with E-state index in [1.54, 1.807) is 0 Å². The number of amides is 1. The van der Waals surface area contributed by atoms with Crippen LogP contribution in [0.2, 0.25) is 0 Å². The molecule has 0 aromatic heterocycles. The highest BCUT2D eigenvalue weighted by Gasteiger charge is 2.34. The van der Waals surface area contributed by atoms with Crippen LogP contribution in [-0.4, -0.2) is 11.4 Å². The normalized spacial score (nSPS) is 17.6. The average molecular weight is 330 g/mol. The van der Waals surface area contributed by atoms with Gasteiger partial charge in [-0.3, -0.25) is 4.79 Å². The van der Waals surface area contributed by atoms with Crippen LogP contribution in [0.5, 0.6) is 0 Å². The molecule has 86 valence electrons. The summed E-state index contributed by atoms with van der Waals surface area (Å²) in [6, 6.07) is 7.74. The molecule has 0 bridgehead atoms. The molecule has 1 amide bonds. The molecule has 0 spiro atoms. The van der Waals surface area contributed by atoms with Gasteiger partial charge in [0.25, 0.3) is 0 Å². The van der Waals surface area contributed by atoms with E-state index in [9.17, 15) is 4.79 Å². The lowest BCUT2D eigenvalue weighted by molar-refractivity contribution is -0.118. The minimum absolute atomic E-state index is 0.0197. The maximum Gasteiger partial charge on any atom is 0.226 e. The second kappa shape index (κ2) is 4.71. The molecule has 0 heterocycles. The van der Waals surface area contributed by atoms with Gasteiger partial charge in [-0.15, -0.1) is 0 Å². The summed E-state index contributed by atoms with van der Waals surface area (Å²) in [7, 11) is 0. The first-order chi connectivity index (χ1) is 7.59. The molecule has 1 aromatic rings. The molecule has 0 radical (unpaired) electrons. The summed E-state index contributed by atoms with van der Waals surface area (Å²) in [5, 5.41) is 2.91. The van der Waals surface area contributed by atoms with Crippen LogP contribution in [0.15, 0.2) is 24.3 Å². The highest BCUT2D eigenvalue weighted by molar-refractivity contribution is 14.1. The lowest BCUT2D eigenvalue weighted by atomic mass is 9.75. The molecule has 0 saturated heterocycles. The van der Waals surface area contributed by atoms with Gasteiger partial charge in [0, 0.05) is 15.5 Å². The molecule has 3 N–H and O–H groups in total. The molecule has 0 atom stereocenters. The van der Waals surface area contributed by atoms with E-state index in [1.165, 1.54) is 0 Å². The lowest BCUT2D eigenvalue weighted by Gasteiger charge is -2.37. The number of hydrogen-bond acceptors (Lipinski definition) is 2. The van der Waals surface area contributed by atoms with Crippen LogP contribution in [0, 0.1) is 3.57 Å². The predicted octanol–water partition coefficient (Wildman–Crippen LogP) is 2.50. The van der Waals surface area contributed by atoms with Crippen LogP contribution in [0.3, 0.4) is 0 Å². The number of nitrogens with one attached hydrogen (secondary N) is 1. The van der Waals surface area contributed by atoms with Gasteiger partial charge in [-0.1, -0.05) is 12.1 Å². The van der Waals surface area contributed by atoms with Gasteiger partial charge in [-0.05, 0) is 54.0 Å². The van der Waals surface area contributed by atoms with Gasteiger partial charge in [0.2, 0.25) is 5.91 Å². The van der Waals surface area contributed by atoms with Gasteiger partial charge in [0.15, 0.2) is 0 Å². The standard InChI is InChI=1S/C12H15IN2O/c13-9-4-1-2-5-10(9)15-11(16)8-12(14)6-3-7-12/h1-2,4-5H,3,6-8,14H2,(H,15,16). The highest BCUT2D eigenvalue weighted by atomic mass is 127. The van der Waals surface area contributed by atoms with Crippen molar-refractivity contribution in [2.75, 3.05) is 5.32 Å². The molecule has 16 heavy (non-hydrogen) atoms. The van der Waals surface area contributed by atoms with E-state index in [-0.39, 0.29) is 11.4 Å². The Morgan fingerprint density at radius 1 is 1.44 bits per heavy atom. The second-order valence-corrected chi connectivity index (χ2v) is 5.58. The van der Waals surface area contributed by atoms with Crippen LogP contribution in [-0.2, 0) is 4.79 Å². The van der Waals surface area contributed by atoms with Gasteiger partial charge in [-0.25, -0.2) is 0 Å².